The summed E-state index contributed by atoms with van der Waals surface area (Å²) < 4.78 is 28.7. The third-order valence-corrected chi connectivity index (χ3v) is 4.31. The minimum Gasteiger partial charge on any atom is -0.493 e. The van der Waals surface area contributed by atoms with Gasteiger partial charge in [0.15, 0.2) is 11.5 Å². The van der Waals surface area contributed by atoms with Crippen molar-refractivity contribution < 1.29 is 38.1 Å². The Morgan fingerprint density at radius 3 is 2.06 bits per heavy atom. The molecule has 0 saturated heterocycles. The molecule has 166 valence electrons. The molecule has 0 heterocycles. The number of methoxy groups -OCH3 is 3. The number of hydrogen-bond donors (Lipinski definition) is 3. The Labute approximate surface area is 178 Å². The Bertz CT molecular complexity index is 922. The van der Waals surface area contributed by atoms with Crippen LogP contribution < -0.4 is 24.8 Å². The molecule has 0 aliphatic heterocycles. The first-order valence-corrected chi connectivity index (χ1v) is 9.18. The summed E-state index contributed by atoms with van der Waals surface area (Å²) in [5.74, 6) is -2.12. The molecular weight excluding hydrogens is 411 g/mol. The van der Waals surface area contributed by atoms with Crippen molar-refractivity contribution in [1.29, 1.82) is 0 Å². The number of benzene rings is 2. The SMILES string of the molecule is COc1cc(C(=O)N[C@H](CCC(=O)O)C(=O)Nc2ccc(F)cc2)cc(OC)c1OC. The van der Waals surface area contributed by atoms with E-state index in [1.165, 1.54) is 45.6 Å². The molecule has 0 fully saturated rings. The zero-order valence-electron chi connectivity index (χ0n) is 17.2. The largest absolute Gasteiger partial charge is 0.493 e. The lowest BCUT2D eigenvalue weighted by molar-refractivity contribution is -0.137. The number of carboxylic acid groups (broad SMARTS) is 1. The van der Waals surface area contributed by atoms with Crippen LogP contribution in [0.4, 0.5) is 10.1 Å². The average Bonchev–Trinajstić information content (AvgIpc) is 2.76. The number of carbonyl (C=O) groups is 3. The van der Waals surface area contributed by atoms with Gasteiger partial charge in [0.25, 0.3) is 5.91 Å². The third kappa shape index (κ3) is 6.33. The third-order valence-electron chi connectivity index (χ3n) is 4.31. The van der Waals surface area contributed by atoms with Crippen LogP contribution in [0.2, 0.25) is 0 Å². The van der Waals surface area contributed by atoms with Crippen LogP contribution in [0.15, 0.2) is 36.4 Å². The molecule has 0 radical (unpaired) electrons. The summed E-state index contributed by atoms with van der Waals surface area (Å²) in [6.45, 7) is 0. The summed E-state index contributed by atoms with van der Waals surface area (Å²) in [7, 11) is 4.21. The lowest BCUT2D eigenvalue weighted by atomic mass is 10.1. The molecule has 0 bridgehead atoms. The van der Waals surface area contributed by atoms with Crippen molar-refractivity contribution in [2.45, 2.75) is 18.9 Å². The van der Waals surface area contributed by atoms with E-state index >= 15 is 0 Å². The topological polar surface area (TPSA) is 123 Å². The molecule has 10 heteroatoms. The lowest BCUT2D eigenvalue weighted by Gasteiger charge is -2.19. The second-order valence-electron chi connectivity index (χ2n) is 6.37. The fourth-order valence-electron chi connectivity index (χ4n) is 2.75. The van der Waals surface area contributed by atoms with Crippen LogP contribution in [0.3, 0.4) is 0 Å². The molecule has 0 aliphatic rings. The van der Waals surface area contributed by atoms with E-state index in [1.54, 1.807) is 0 Å². The summed E-state index contributed by atoms with van der Waals surface area (Å²) in [4.78, 5) is 36.4. The summed E-state index contributed by atoms with van der Waals surface area (Å²) in [6, 6.07) is 6.68. The fraction of sp³-hybridized carbons (Fsp3) is 0.286. The Morgan fingerprint density at radius 1 is 1.00 bits per heavy atom. The van der Waals surface area contributed by atoms with Crippen molar-refractivity contribution in [3.8, 4) is 17.2 Å². The van der Waals surface area contributed by atoms with Gasteiger partial charge in [0, 0.05) is 17.7 Å². The van der Waals surface area contributed by atoms with E-state index in [1.807, 2.05) is 0 Å². The highest BCUT2D eigenvalue weighted by Crippen LogP contribution is 2.38. The number of ether oxygens (including phenoxy) is 3. The molecule has 31 heavy (non-hydrogen) atoms. The van der Waals surface area contributed by atoms with Gasteiger partial charge in [-0.25, -0.2) is 4.39 Å². The van der Waals surface area contributed by atoms with Crippen LogP contribution in [-0.4, -0.2) is 50.3 Å². The smallest absolute Gasteiger partial charge is 0.303 e. The van der Waals surface area contributed by atoms with Crippen LogP contribution in [0.25, 0.3) is 0 Å². The van der Waals surface area contributed by atoms with E-state index in [0.29, 0.717) is 5.69 Å². The summed E-state index contributed by atoms with van der Waals surface area (Å²) in [6.07, 6.45) is -0.504. The lowest BCUT2D eigenvalue weighted by Crippen LogP contribution is -2.44. The first kappa shape index (κ1) is 23.5. The monoisotopic (exact) mass is 434 g/mol. The minimum absolute atomic E-state index is 0.115. The van der Waals surface area contributed by atoms with E-state index in [4.69, 9.17) is 19.3 Å². The molecular formula is C21H23FN2O7. The second kappa shape index (κ2) is 10.8. The van der Waals surface area contributed by atoms with Crippen LogP contribution in [0, 0.1) is 5.82 Å². The Balaban J connectivity index is 2.25. The standard InChI is InChI=1S/C21H23FN2O7/c1-29-16-10-12(11-17(30-2)19(16)31-3)20(27)24-15(8-9-18(25)26)21(28)23-14-6-4-13(22)5-7-14/h4-7,10-11,15H,8-9H2,1-3H3,(H,23,28)(H,24,27)(H,25,26)/t15-/m1/s1. The maximum Gasteiger partial charge on any atom is 0.303 e. The highest BCUT2D eigenvalue weighted by atomic mass is 19.1. The maximum absolute atomic E-state index is 13.1. The van der Waals surface area contributed by atoms with Crippen LogP contribution in [-0.2, 0) is 9.59 Å². The molecule has 2 amide bonds. The number of nitrogens with one attached hydrogen (secondary N) is 2. The van der Waals surface area contributed by atoms with Gasteiger partial charge >= 0.3 is 5.97 Å². The molecule has 0 saturated carbocycles. The Hall–Kier alpha value is -3.82. The molecule has 1 atom stereocenters. The van der Waals surface area contributed by atoms with Crippen molar-refractivity contribution in [3.63, 3.8) is 0 Å². The highest BCUT2D eigenvalue weighted by Gasteiger charge is 2.24. The van der Waals surface area contributed by atoms with Crippen molar-refractivity contribution in [2.75, 3.05) is 26.6 Å². The Kier molecular flexibility index (Phi) is 8.18. The van der Waals surface area contributed by atoms with E-state index in [2.05, 4.69) is 10.6 Å². The molecule has 3 N–H and O–H groups in total. The van der Waals surface area contributed by atoms with Crippen LogP contribution in [0.1, 0.15) is 23.2 Å². The number of aliphatic carboxylic acids is 1. The summed E-state index contributed by atoms with van der Waals surface area (Å²) in [5, 5.41) is 14.0. The van der Waals surface area contributed by atoms with E-state index < -0.39 is 29.6 Å². The fourth-order valence-corrected chi connectivity index (χ4v) is 2.75. The second-order valence-corrected chi connectivity index (χ2v) is 6.37. The molecule has 0 unspecified atom stereocenters. The number of rotatable bonds is 10. The molecule has 2 rings (SSSR count). The van der Waals surface area contributed by atoms with Crippen molar-refractivity contribution >= 4 is 23.5 Å². The summed E-state index contributed by atoms with van der Waals surface area (Å²) >= 11 is 0. The quantitative estimate of drug-likeness (QED) is 0.525. The predicted molar refractivity (Wildman–Crippen MR) is 109 cm³/mol. The van der Waals surface area contributed by atoms with Gasteiger partial charge in [-0.15, -0.1) is 0 Å². The van der Waals surface area contributed by atoms with Crippen molar-refractivity contribution in [2.24, 2.45) is 0 Å². The van der Waals surface area contributed by atoms with Crippen LogP contribution >= 0.6 is 0 Å². The number of carbonyl (C=O) groups excluding carboxylic acids is 2. The average molecular weight is 434 g/mol. The van der Waals surface area contributed by atoms with E-state index in [-0.39, 0.29) is 35.7 Å². The molecule has 0 spiro atoms. The molecule has 0 aromatic heterocycles. The number of halogens is 1. The zero-order chi connectivity index (χ0) is 23.0. The summed E-state index contributed by atoms with van der Waals surface area (Å²) in [5.41, 5.74) is 0.415. The minimum atomic E-state index is -1.16. The van der Waals surface area contributed by atoms with E-state index in [9.17, 15) is 18.8 Å². The normalized spacial score (nSPS) is 11.2. The van der Waals surface area contributed by atoms with Crippen LogP contribution in [0.5, 0.6) is 17.2 Å². The molecule has 9 nitrogen and oxygen atoms in total. The van der Waals surface area contributed by atoms with Gasteiger partial charge in [0.2, 0.25) is 11.7 Å². The molecule has 0 aliphatic carbocycles. The van der Waals surface area contributed by atoms with Gasteiger partial charge in [-0.1, -0.05) is 0 Å². The van der Waals surface area contributed by atoms with Gasteiger partial charge in [-0.3, -0.25) is 14.4 Å². The number of anilines is 1. The zero-order valence-corrected chi connectivity index (χ0v) is 17.2. The van der Waals surface area contributed by atoms with Crippen molar-refractivity contribution in [3.05, 3.63) is 47.8 Å². The Morgan fingerprint density at radius 2 is 1.58 bits per heavy atom. The number of carboxylic acids is 1. The van der Waals surface area contributed by atoms with E-state index in [0.717, 1.165) is 12.1 Å². The molecule has 2 aromatic rings. The van der Waals surface area contributed by atoms with Gasteiger partial charge in [0.1, 0.15) is 11.9 Å². The predicted octanol–water partition coefficient (Wildman–Crippen LogP) is 2.45. The highest BCUT2D eigenvalue weighted by molar-refractivity contribution is 6.01. The number of amides is 2. The van der Waals surface area contributed by atoms with Gasteiger partial charge in [0.05, 0.1) is 21.3 Å². The van der Waals surface area contributed by atoms with Gasteiger partial charge < -0.3 is 30.0 Å². The van der Waals surface area contributed by atoms with Gasteiger partial charge in [-0.05, 0) is 42.8 Å². The number of hydrogen-bond acceptors (Lipinski definition) is 6. The van der Waals surface area contributed by atoms with Crippen molar-refractivity contribution in [1.82, 2.24) is 5.32 Å². The molecule has 2 aromatic carbocycles. The first-order chi connectivity index (χ1) is 14.8. The first-order valence-electron chi connectivity index (χ1n) is 9.18. The van der Waals surface area contributed by atoms with Gasteiger partial charge in [-0.2, -0.15) is 0 Å². The maximum atomic E-state index is 13.1.